The minimum atomic E-state index is -1.55. The zero-order valence-electron chi connectivity index (χ0n) is 9.42. The van der Waals surface area contributed by atoms with Crippen molar-refractivity contribution in [2.45, 2.75) is 13.8 Å². The smallest absolute Gasteiger partial charge is 0.423 e. The molecule has 1 rings (SSSR count). The lowest BCUT2D eigenvalue weighted by Crippen LogP contribution is -2.33. The number of carbonyl (C=O) groups is 1. The molecule has 86 valence electrons. The molecule has 0 aromatic carbocycles. The van der Waals surface area contributed by atoms with Gasteiger partial charge in [-0.15, -0.1) is 0 Å². The highest BCUT2D eigenvalue weighted by atomic mass is 16.4. The molecular formula is C10H15BN2O3. The molecule has 0 saturated heterocycles. The number of nitrogens with zero attached hydrogens (tertiary/aromatic N) is 2. The lowest BCUT2D eigenvalue weighted by molar-refractivity contribution is 0.0767. The summed E-state index contributed by atoms with van der Waals surface area (Å²) in [5, 5.41) is 17.7. The van der Waals surface area contributed by atoms with Crippen molar-refractivity contribution in [1.82, 2.24) is 9.88 Å². The number of hydrogen-bond donors (Lipinski definition) is 2. The Labute approximate surface area is 94.9 Å². The van der Waals surface area contributed by atoms with Crippen LogP contribution in [0.5, 0.6) is 0 Å². The van der Waals surface area contributed by atoms with Crippen molar-refractivity contribution in [3.8, 4) is 0 Å². The third-order valence-electron chi connectivity index (χ3n) is 2.35. The minimum Gasteiger partial charge on any atom is -0.423 e. The van der Waals surface area contributed by atoms with E-state index in [-0.39, 0.29) is 11.4 Å². The summed E-state index contributed by atoms with van der Waals surface area (Å²) in [5.41, 5.74) is 0.587. The maximum atomic E-state index is 11.8. The predicted molar refractivity (Wildman–Crippen MR) is 61.3 cm³/mol. The van der Waals surface area contributed by atoms with Crippen LogP contribution >= 0.6 is 0 Å². The zero-order chi connectivity index (χ0) is 12.1. The summed E-state index contributed by atoms with van der Waals surface area (Å²) in [6, 6.07) is 2.98. The molecule has 0 radical (unpaired) electrons. The molecule has 0 aliphatic carbocycles. The molecule has 0 bridgehead atoms. The van der Waals surface area contributed by atoms with E-state index in [0.717, 1.165) is 0 Å². The monoisotopic (exact) mass is 222 g/mol. The van der Waals surface area contributed by atoms with Gasteiger partial charge in [-0.1, -0.05) is 6.07 Å². The van der Waals surface area contributed by atoms with Crippen LogP contribution in [0.25, 0.3) is 0 Å². The Hall–Kier alpha value is -1.40. The Bertz CT molecular complexity index is 350. The highest BCUT2D eigenvalue weighted by Gasteiger charge is 2.16. The first-order chi connectivity index (χ1) is 7.60. The number of rotatable bonds is 4. The molecule has 6 heteroatoms. The first-order valence-corrected chi connectivity index (χ1v) is 5.21. The van der Waals surface area contributed by atoms with Crippen molar-refractivity contribution >= 4 is 18.5 Å². The van der Waals surface area contributed by atoms with E-state index in [1.165, 1.54) is 18.3 Å². The number of hydrogen-bond acceptors (Lipinski definition) is 4. The van der Waals surface area contributed by atoms with Gasteiger partial charge in [0.25, 0.3) is 5.91 Å². The van der Waals surface area contributed by atoms with Crippen LogP contribution in [0.1, 0.15) is 24.3 Å². The highest BCUT2D eigenvalue weighted by Crippen LogP contribution is 2.00. The molecule has 0 aliphatic heterocycles. The summed E-state index contributed by atoms with van der Waals surface area (Å²) in [4.78, 5) is 17.4. The molecule has 16 heavy (non-hydrogen) atoms. The van der Waals surface area contributed by atoms with Gasteiger partial charge in [0.05, 0.1) is 0 Å². The maximum absolute atomic E-state index is 11.8. The molecule has 1 aromatic rings. The van der Waals surface area contributed by atoms with Crippen LogP contribution in [0.15, 0.2) is 18.3 Å². The quantitative estimate of drug-likeness (QED) is 0.657. The molecule has 0 atom stereocenters. The van der Waals surface area contributed by atoms with Crippen molar-refractivity contribution in [3.05, 3.63) is 24.0 Å². The van der Waals surface area contributed by atoms with Crippen molar-refractivity contribution in [2.24, 2.45) is 0 Å². The van der Waals surface area contributed by atoms with Gasteiger partial charge in [-0.2, -0.15) is 0 Å². The maximum Gasteiger partial charge on any atom is 0.490 e. The van der Waals surface area contributed by atoms with Crippen molar-refractivity contribution < 1.29 is 14.8 Å². The van der Waals surface area contributed by atoms with E-state index in [2.05, 4.69) is 4.98 Å². The summed E-state index contributed by atoms with van der Waals surface area (Å²) < 4.78 is 0. The van der Waals surface area contributed by atoms with Gasteiger partial charge in [-0.3, -0.25) is 9.78 Å². The Morgan fingerprint density at radius 1 is 1.38 bits per heavy atom. The molecule has 0 saturated carbocycles. The third-order valence-corrected chi connectivity index (χ3v) is 2.35. The van der Waals surface area contributed by atoms with Crippen LogP contribution in [0.2, 0.25) is 0 Å². The largest absolute Gasteiger partial charge is 0.490 e. The van der Waals surface area contributed by atoms with Crippen molar-refractivity contribution in [1.29, 1.82) is 0 Å². The summed E-state index contributed by atoms with van der Waals surface area (Å²) in [7, 11) is -1.55. The van der Waals surface area contributed by atoms with E-state index < -0.39 is 7.12 Å². The first-order valence-electron chi connectivity index (χ1n) is 5.21. The predicted octanol–water partition coefficient (Wildman–Crippen LogP) is -0.757. The summed E-state index contributed by atoms with van der Waals surface area (Å²) in [5.74, 6) is -0.149. The Morgan fingerprint density at radius 3 is 2.38 bits per heavy atom. The topological polar surface area (TPSA) is 73.7 Å². The van der Waals surface area contributed by atoms with E-state index >= 15 is 0 Å². The molecule has 2 N–H and O–H groups in total. The molecule has 1 aromatic heterocycles. The third kappa shape index (κ3) is 2.80. The van der Waals surface area contributed by atoms with Crippen LogP contribution in [0.4, 0.5) is 0 Å². The molecule has 0 fully saturated rings. The highest BCUT2D eigenvalue weighted by molar-refractivity contribution is 6.58. The number of carbonyl (C=O) groups excluding carboxylic acids is 1. The average molecular weight is 222 g/mol. The molecule has 5 nitrogen and oxygen atoms in total. The van der Waals surface area contributed by atoms with Gasteiger partial charge in [0.15, 0.2) is 0 Å². The lowest BCUT2D eigenvalue weighted by Gasteiger charge is -2.17. The summed E-state index contributed by atoms with van der Waals surface area (Å²) in [6.07, 6.45) is 1.29. The van der Waals surface area contributed by atoms with Gasteiger partial charge < -0.3 is 14.9 Å². The van der Waals surface area contributed by atoms with E-state index in [1.807, 2.05) is 13.8 Å². The minimum absolute atomic E-state index is 0.149. The first kappa shape index (κ1) is 12.7. The van der Waals surface area contributed by atoms with Crippen LogP contribution in [-0.2, 0) is 0 Å². The van der Waals surface area contributed by atoms with Gasteiger partial charge in [0.2, 0.25) is 0 Å². The standard InChI is InChI=1S/C10H15BN2O3/c1-3-13(4-2)10(14)9-6-5-8(7-12-9)11(15)16/h5-7,15-16H,3-4H2,1-2H3. The Balaban J connectivity index is 2.85. The van der Waals surface area contributed by atoms with E-state index in [4.69, 9.17) is 10.0 Å². The lowest BCUT2D eigenvalue weighted by atomic mass is 9.82. The van der Waals surface area contributed by atoms with Crippen LogP contribution in [0.3, 0.4) is 0 Å². The van der Waals surface area contributed by atoms with Crippen LogP contribution < -0.4 is 5.46 Å². The second kappa shape index (κ2) is 5.62. The van der Waals surface area contributed by atoms with Gasteiger partial charge >= 0.3 is 7.12 Å². The number of pyridine rings is 1. The fourth-order valence-corrected chi connectivity index (χ4v) is 1.36. The molecule has 1 amide bonds. The number of amides is 1. The van der Waals surface area contributed by atoms with Gasteiger partial charge in [-0.05, 0) is 19.9 Å². The zero-order valence-corrected chi connectivity index (χ0v) is 9.42. The van der Waals surface area contributed by atoms with Gasteiger partial charge in [-0.25, -0.2) is 0 Å². The molecule has 0 aliphatic rings. The fraction of sp³-hybridized carbons (Fsp3) is 0.400. The summed E-state index contributed by atoms with van der Waals surface area (Å²) >= 11 is 0. The second-order valence-electron chi connectivity index (χ2n) is 3.33. The normalized spacial score (nSPS) is 10.0. The fourth-order valence-electron chi connectivity index (χ4n) is 1.36. The van der Waals surface area contributed by atoms with Gasteiger partial charge in [0, 0.05) is 24.7 Å². The SMILES string of the molecule is CCN(CC)C(=O)c1ccc(B(O)O)cn1. The van der Waals surface area contributed by atoms with Crippen molar-refractivity contribution in [2.75, 3.05) is 13.1 Å². The number of aromatic nitrogens is 1. The summed E-state index contributed by atoms with van der Waals surface area (Å²) in [6.45, 7) is 5.04. The van der Waals surface area contributed by atoms with Crippen LogP contribution in [-0.4, -0.2) is 46.0 Å². The van der Waals surface area contributed by atoms with E-state index in [0.29, 0.717) is 18.8 Å². The molecule has 0 spiro atoms. The average Bonchev–Trinajstić information content (AvgIpc) is 2.30. The molecule has 1 heterocycles. The molecule has 0 unspecified atom stereocenters. The van der Waals surface area contributed by atoms with Crippen molar-refractivity contribution in [3.63, 3.8) is 0 Å². The molecular weight excluding hydrogens is 207 g/mol. The second-order valence-corrected chi connectivity index (χ2v) is 3.33. The Kier molecular flexibility index (Phi) is 4.45. The van der Waals surface area contributed by atoms with E-state index in [1.54, 1.807) is 4.90 Å². The van der Waals surface area contributed by atoms with E-state index in [9.17, 15) is 4.79 Å². The van der Waals surface area contributed by atoms with Crippen LogP contribution in [0, 0.1) is 0 Å². The Morgan fingerprint density at radius 2 is 2.00 bits per heavy atom. The van der Waals surface area contributed by atoms with Gasteiger partial charge in [0.1, 0.15) is 5.69 Å².